The molecule has 1 amide bonds. The highest BCUT2D eigenvalue weighted by Gasteiger charge is 2.31. The number of hydrogen-bond acceptors (Lipinski definition) is 4. The van der Waals surface area contributed by atoms with Gasteiger partial charge in [-0.2, -0.15) is 8.78 Å². The number of halogens is 3. The number of fused-ring (bicyclic) bond motifs is 1. The minimum atomic E-state index is -2.87. The van der Waals surface area contributed by atoms with E-state index in [1.54, 1.807) is 41.3 Å². The number of carbonyl (C=O) groups excluding carboxylic acids is 1. The molecule has 1 aliphatic rings. The molecule has 154 valence electrons. The highest BCUT2D eigenvalue weighted by molar-refractivity contribution is 6.12. The average Bonchev–Trinajstić information content (AvgIpc) is 3.39. The molecule has 5 rings (SSSR count). The molecule has 0 N–H and O–H groups in total. The van der Waals surface area contributed by atoms with Gasteiger partial charge in [0.05, 0.1) is 12.2 Å². The van der Waals surface area contributed by atoms with Gasteiger partial charge in [-0.1, -0.05) is 36.4 Å². The Balaban J connectivity index is 1.51. The summed E-state index contributed by atoms with van der Waals surface area (Å²) in [6.45, 7) is 0.326. The number of hydrogen-bond donors (Lipinski definition) is 0. The van der Waals surface area contributed by atoms with Crippen LogP contribution in [-0.4, -0.2) is 16.1 Å². The first-order chi connectivity index (χ1) is 15.0. The quantitative estimate of drug-likeness (QED) is 0.428. The molecule has 0 radical (unpaired) electrons. The number of alkyl halides is 2. The minimum absolute atomic E-state index is 0.0792. The summed E-state index contributed by atoms with van der Waals surface area (Å²) in [6, 6.07) is 18.4. The van der Waals surface area contributed by atoms with Gasteiger partial charge in [0.1, 0.15) is 5.82 Å². The molecular weight excluding hydrogens is 407 g/mol. The molecule has 31 heavy (non-hydrogen) atoms. The van der Waals surface area contributed by atoms with Crippen molar-refractivity contribution < 1.29 is 22.4 Å². The Morgan fingerprint density at radius 2 is 1.74 bits per heavy atom. The summed E-state index contributed by atoms with van der Waals surface area (Å²) >= 11 is 0. The molecule has 2 heterocycles. The second kappa shape index (κ2) is 7.39. The van der Waals surface area contributed by atoms with Crippen LogP contribution in [0.3, 0.4) is 0 Å². The van der Waals surface area contributed by atoms with E-state index in [9.17, 15) is 18.0 Å². The van der Waals surface area contributed by atoms with Gasteiger partial charge in [0, 0.05) is 16.7 Å². The number of amides is 1. The molecule has 1 aromatic heterocycles. The molecule has 4 aromatic rings. The third kappa shape index (κ3) is 3.35. The smallest absolute Gasteiger partial charge is 0.314 e. The number of carbonyl (C=O) groups is 1. The zero-order chi connectivity index (χ0) is 21.5. The van der Waals surface area contributed by atoms with Crippen molar-refractivity contribution in [3.05, 3.63) is 89.6 Å². The fraction of sp³-hybridized carbons (Fsp3) is 0.0870. The predicted molar refractivity (Wildman–Crippen MR) is 107 cm³/mol. The SMILES string of the molecule is O=C1c2cc(-c3nnc(C(F)F)o3)ccc2CN1c1ccccc1-c1cccc(F)c1. The summed E-state index contributed by atoms with van der Waals surface area (Å²) in [6.07, 6.45) is -2.87. The van der Waals surface area contributed by atoms with Gasteiger partial charge in [-0.3, -0.25) is 4.79 Å². The second-order valence-corrected chi connectivity index (χ2v) is 7.04. The topological polar surface area (TPSA) is 59.2 Å². The van der Waals surface area contributed by atoms with Crippen LogP contribution in [0.1, 0.15) is 28.2 Å². The molecule has 0 spiro atoms. The lowest BCUT2D eigenvalue weighted by atomic mass is 10.0. The summed E-state index contributed by atoms with van der Waals surface area (Å²) in [5.74, 6) is -1.47. The van der Waals surface area contributed by atoms with Crippen molar-refractivity contribution in [1.29, 1.82) is 0 Å². The van der Waals surface area contributed by atoms with Crippen LogP contribution < -0.4 is 4.90 Å². The molecule has 0 atom stereocenters. The molecule has 8 heteroatoms. The van der Waals surface area contributed by atoms with Crippen LogP contribution in [0.4, 0.5) is 18.9 Å². The summed E-state index contributed by atoms with van der Waals surface area (Å²) < 4.78 is 44.2. The maximum absolute atomic E-state index is 13.8. The molecule has 3 aromatic carbocycles. The maximum atomic E-state index is 13.8. The predicted octanol–water partition coefficient (Wildman–Crippen LogP) is 5.64. The van der Waals surface area contributed by atoms with E-state index in [0.717, 1.165) is 11.1 Å². The monoisotopic (exact) mass is 421 g/mol. The van der Waals surface area contributed by atoms with Crippen molar-refractivity contribution in [2.24, 2.45) is 0 Å². The standard InChI is InChI=1S/C23H14F3N3O2/c24-16-5-3-4-13(10-16)17-6-1-2-7-19(17)29-12-15-9-8-14(11-18(15)23(29)30)21-27-28-22(31-21)20(25)26/h1-11,20H,12H2. The summed E-state index contributed by atoms with van der Waals surface area (Å²) in [5, 5.41) is 6.97. The largest absolute Gasteiger partial charge is 0.415 e. The Morgan fingerprint density at radius 3 is 2.52 bits per heavy atom. The van der Waals surface area contributed by atoms with E-state index < -0.39 is 12.3 Å². The number of rotatable bonds is 4. The van der Waals surface area contributed by atoms with Crippen LogP contribution in [0.15, 0.2) is 71.1 Å². The van der Waals surface area contributed by atoms with Crippen molar-refractivity contribution in [2.75, 3.05) is 4.90 Å². The Morgan fingerprint density at radius 1 is 0.903 bits per heavy atom. The van der Waals surface area contributed by atoms with Crippen molar-refractivity contribution in [1.82, 2.24) is 10.2 Å². The normalized spacial score (nSPS) is 13.2. The fourth-order valence-electron chi connectivity index (χ4n) is 3.68. The van der Waals surface area contributed by atoms with E-state index in [1.165, 1.54) is 12.1 Å². The van der Waals surface area contributed by atoms with Crippen LogP contribution in [0.25, 0.3) is 22.6 Å². The average molecular weight is 421 g/mol. The number of aromatic nitrogens is 2. The van der Waals surface area contributed by atoms with Gasteiger partial charge < -0.3 is 9.32 Å². The number of nitrogens with zero attached hydrogens (tertiary/aromatic N) is 3. The van der Waals surface area contributed by atoms with Gasteiger partial charge in [-0.25, -0.2) is 4.39 Å². The molecule has 1 aliphatic heterocycles. The summed E-state index contributed by atoms with van der Waals surface area (Å²) in [7, 11) is 0. The molecular formula is C23H14F3N3O2. The number of benzene rings is 3. The zero-order valence-electron chi connectivity index (χ0n) is 15.9. The Kier molecular flexibility index (Phi) is 4.54. The first-order valence-corrected chi connectivity index (χ1v) is 9.43. The van der Waals surface area contributed by atoms with E-state index in [2.05, 4.69) is 10.2 Å². The first-order valence-electron chi connectivity index (χ1n) is 9.43. The third-order valence-corrected chi connectivity index (χ3v) is 5.12. The number of anilines is 1. The van der Waals surface area contributed by atoms with Crippen molar-refractivity contribution >= 4 is 11.6 Å². The van der Waals surface area contributed by atoms with E-state index >= 15 is 0 Å². The van der Waals surface area contributed by atoms with Crippen molar-refractivity contribution in [2.45, 2.75) is 13.0 Å². The van der Waals surface area contributed by atoms with Crippen molar-refractivity contribution in [3.63, 3.8) is 0 Å². The van der Waals surface area contributed by atoms with Gasteiger partial charge >= 0.3 is 6.43 Å². The highest BCUT2D eigenvalue weighted by atomic mass is 19.3. The van der Waals surface area contributed by atoms with E-state index in [-0.39, 0.29) is 17.6 Å². The molecule has 5 nitrogen and oxygen atoms in total. The highest BCUT2D eigenvalue weighted by Crippen LogP contribution is 2.37. The zero-order valence-corrected chi connectivity index (χ0v) is 15.9. The van der Waals surface area contributed by atoms with Crippen LogP contribution >= 0.6 is 0 Å². The van der Waals surface area contributed by atoms with Crippen LogP contribution in [0, 0.1) is 5.82 Å². The number of para-hydroxylation sites is 1. The lowest BCUT2D eigenvalue weighted by molar-refractivity contribution is 0.0996. The van der Waals surface area contributed by atoms with E-state index in [0.29, 0.717) is 28.9 Å². The molecule has 0 bridgehead atoms. The van der Waals surface area contributed by atoms with Gasteiger partial charge in [0.25, 0.3) is 11.8 Å². The van der Waals surface area contributed by atoms with E-state index in [4.69, 9.17) is 4.42 Å². The molecule has 0 aliphatic carbocycles. The minimum Gasteiger partial charge on any atom is -0.415 e. The van der Waals surface area contributed by atoms with Crippen LogP contribution in [0.5, 0.6) is 0 Å². The maximum Gasteiger partial charge on any atom is 0.314 e. The van der Waals surface area contributed by atoms with E-state index in [1.807, 2.05) is 18.2 Å². The second-order valence-electron chi connectivity index (χ2n) is 7.04. The first kappa shape index (κ1) is 19.0. The van der Waals surface area contributed by atoms with Crippen molar-refractivity contribution in [3.8, 4) is 22.6 Å². The fourth-order valence-corrected chi connectivity index (χ4v) is 3.68. The molecule has 0 saturated carbocycles. The lowest BCUT2D eigenvalue weighted by Gasteiger charge is -2.20. The Labute approximate surface area is 174 Å². The Hall–Kier alpha value is -3.94. The summed E-state index contributed by atoms with van der Waals surface area (Å²) in [5.41, 5.74) is 3.60. The molecule has 0 saturated heterocycles. The van der Waals surface area contributed by atoms with Gasteiger partial charge in [0.2, 0.25) is 5.89 Å². The Bertz CT molecular complexity index is 1300. The third-order valence-electron chi connectivity index (χ3n) is 5.12. The van der Waals surface area contributed by atoms with Crippen LogP contribution in [0.2, 0.25) is 0 Å². The molecule has 0 unspecified atom stereocenters. The van der Waals surface area contributed by atoms with Gasteiger partial charge in [-0.15, -0.1) is 10.2 Å². The lowest BCUT2D eigenvalue weighted by Crippen LogP contribution is -2.23. The molecule has 0 fully saturated rings. The van der Waals surface area contributed by atoms with Gasteiger partial charge in [-0.05, 0) is 41.5 Å². The van der Waals surface area contributed by atoms with Crippen LogP contribution in [-0.2, 0) is 6.54 Å². The summed E-state index contributed by atoms with van der Waals surface area (Å²) in [4.78, 5) is 14.8. The van der Waals surface area contributed by atoms with Gasteiger partial charge in [0.15, 0.2) is 0 Å².